The minimum atomic E-state index is -0.347. The molecule has 2 rings (SSSR count). The summed E-state index contributed by atoms with van der Waals surface area (Å²) in [6, 6.07) is -0.0616. The van der Waals surface area contributed by atoms with Crippen molar-refractivity contribution < 1.29 is 9.59 Å². The third-order valence-electron chi connectivity index (χ3n) is 3.48. The SMILES string of the molecule is CC1CC(C)CN(CC(=O)NC(=O)NC2CC2)C1. The Kier molecular flexibility index (Phi) is 4.22. The van der Waals surface area contributed by atoms with Crippen molar-refractivity contribution in [3.8, 4) is 0 Å². The van der Waals surface area contributed by atoms with Gasteiger partial charge in [0.25, 0.3) is 0 Å². The summed E-state index contributed by atoms with van der Waals surface area (Å²) in [5, 5.41) is 5.15. The molecule has 1 aliphatic carbocycles. The number of hydrogen-bond donors (Lipinski definition) is 2. The second-order valence-electron chi connectivity index (χ2n) is 5.94. The van der Waals surface area contributed by atoms with E-state index in [2.05, 4.69) is 29.4 Å². The van der Waals surface area contributed by atoms with Gasteiger partial charge in [0.2, 0.25) is 5.91 Å². The first-order valence-corrected chi connectivity index (χ1v) is 6.85. The second kappa shape index (κ2) is 5.69. The molecule has 102 valence electrons. The molecule has 0 aromatic carbocycles. The van der Waals surface area contributed by atoms with Crippen LogP contribution in [0, 0.1) is 11.8 Å². The summed E-state index contributed by atoms with van der Waals surface area (Å²) in [5.74, 6) is 1.05. The fourth-order valence-electron chi connectivity index (χ4n) is 2.74. The highest BCUT2D eigenvalue weighted by Gasteiger charge is 2.26. The van der Waals surface area contributed by atoms with Gasteiger partial charge in [-0.3, -0.25) is 15.0 Å². The molecule has 0 aromatic rings. The molecule has 0 spiro atoms. The average molecular weight is 253 g/mol. The number of amides is 3. The molecule has 1 aliphatic heterocycles. The fraction of sp³-hybridized carbons (Fsp3) is 0.846. The summed E-state index contributed by atoms with van der Waals surface area (Å²) in [7, 11) is 0. The molecule has 2 unspecified atom stereocenters. The fourth-order valence-corrected chi connectivity index (χ4v) is 2.74. The first kappa shape index (κ1) is 13.3. The Bertz CT molecular complexity index is 318. The topological polar surface area (TPSA) is 61.4 Å². The quantitative estimate of drug-likeness (QED) is 0.787. The zero-order chi connectivity index (χ0) is 13.1. The molecule has 2 fully saturated rings. The number of imide groups is 1. The number of likely N-dealkylation sites (tertiary alicyclic amines) is 1. The summed E-state index contributed by atoms with van der Waals surface area (Å²) in [5.41, 5.74) is 0. The Morgan fingerprint density at radius 1 is 1.17 bits per heavy atom. The van der Waals surface area contributed by atoms with Crippen LogP contribution in [0.2, 0.25) is 0 Å². The number of rotatable bonds is 3. The molecule has 1 heterocycles. The Balaban J connectivity index is 1.70. The van der Waals surface area contributed by atoms with Gasteiger partial charge in [0.05, 0.1) is 6.54 Å². The lowest BCUT2D eigenvalue weighted by Crippen LogP contribution is -2.48. The molecule has 0 radical (unpaired) electrons. The van der Waals surface area contributed by atoms with Crippen LogP contribution in [0.5, 0.6) is 0 Å². The highest BCUT2D eigenvalue weighted by molar-refractivity contribution is 5.95. The molecular weight excluding hydrogens is 230 g/mol. The van der Waals surface area contributed by atoms with Crippen molar-refractivity contribution in [3.63, 3.8) is 0 Å². The first-order valence-electron chi connectivity index (χ1n) is 6.85. The number of piperidine rings is 1. The molecule has 0 bridgehead atoms. The molecule has 2 aliphatic rings. The van der Waals surface area contributed by atoms with Gasteiger partial charge in [0, 0.05) is 19.1 Å². The van der Waals surface area contributed by atoms with E-state index in [4.69, 9.17) is 0 Å². The van der Waals surface area contributed by atoms with Gasteiger partial charge < -0.3 is 5.32 Å². The molecule has 5 heteroatoms. The smallest absolute Gasteiger partial charge is 0.321 e. The summed E-state index contributed by atoms with van der Waals surface area (Å²) < 4.78 is 0. The van der Waals surface area contributed by atoms with Gasteiger partial charge in [-0.15, -0.1) is 0 Å². The molecule has 2 N–H and O–H groups in total. The van der Waals surface area contributed by atoms with E-state index >= 15 is 0 Å². The van der Waals surface area contributed by atoms with E-state index in [1.54, 1.807) is 0 Å². The lowest BCUT2D eigenvalue weighted by Gasteiger charge is -2.34. The van der Waals surface area contributed by atoms with E-state index in [0.29, 0.717) is 18.4 Å². The zero-order valence-electron chi connectivity index (χ0n) is 11.2. The van der Waals surface area contributed by atoms with Crippen molar-refractivity contribution in [2.45, 2.75) is 39.2 Å². The van der Waals surface area contributed by atoms with Gasteiger partial charge in [-0.25, -0.2) is 4.79 Å². The molecule has 2 atom stereocenters. The highest BCUT2D eigenvalue weighted by Crippen LogP contribution is 2.20. The van der Waals surface area contributed by atoms with Crippen LogP contribution in [0.3, 0.4) is 0 Å². The van der Waals surface area contributed by atoms with E-state index < -0.39 is 0 Å². The Morgan fingerprint density at radius 3 is 2.33 bits per heavy atom. The molecule has 1 saturated carbocycles. The number of carbonyl (C=O) groups is 2. The molecule has 1 saturated heterocycles. The number of nitrogens with zero attached hydrogens (tertiary/aromatic N) is 1. The Morgan fingerprint density at radius 2 is 1.78 bits per heavy atom. The summed E-state index contributed by atoms with van der Waals surface area (Å²) in [4.78, 5) is 25.3. The minimum absolute atomic E-state index is 0.200. The van der Waals surface area contributed by atoms with Crippen LogP contribution in [0.4, 0.5) is 4.79 Å². The number of nitrogens with one attached hydrogen (secondary N) is 2. The van der Waals surface area contributed by atoms with Gasteiger partial charge in [-0.2, -0.15) is 0 Å². The number of urea groups is 1. The Labute approximate surface area is 108 Å². The van der Waals surface area contributed by atoms with Gasteiger partial charge in [0.15, 0.2) is 0 Å². The predicted molar refractivity (Wildman–Crippen MR) is 69.1 cm³/mol. The third kappa shape index (κ3) is 4.29. The van der Waals surface area contributed by atoms with Gasteiger partial charge in [0.1, 0.15) is 0 Å². The zero-order valence-corrected chi connectivity index (χ0v) is 11.2. The molecule has 3 amide bonds. The standard InChI is InChI=1S/C13H23N3O2/c1-9-5-10(2)7-16(6-9)8-12(17)15-13(18)14-11-3-4-11/h9-11H,3-8H2,1-2H3,(H2,14,15,17,18). The minimum Gasteiger partial charge on any atom is -0.335 e. The van der Waals surface area contributed by atoms with Crippen LogP contribution in [0.1, 0.15) is 33.1 Å². The normalized spacial score (nSPS) is 28.8. The lowest BCUT2D eigenvalue weighted by atomic mass is 9.92. The van der Waals surface area contributed by atoms with Gasteiger partial charge in [-0.1, -0.05) is 13.8 Å². The van der Waals surface area contributed by atoms with E-state index in [-0.39, 0.29) is 18.0 Å². The van der Waals surface area contributed by atoms with Crippen molar-refractivity contribution in [2.75, 3.05) is 19.6 Å². The highest BCUT2D eigenvalue weighted by atomic mass is 16.2. The van der Waals surface area contributed by atoms with Crippen LogP contribution < -0.4 is 10.6 Å². The van der Waals surface area contributed by atoms with Gasteiger partial charge in [-0.05, 0) is 31.1 Å². The number of hydrogen-bond acceptors (Lipinski definition) is 3. The van der Waals surface area contributed by atoms with E-state index in [0.717, 1.165) is 25.9 Å². The molecule has 5 nitrogen and oxygen atoms in total. The van der Waals surface area contributed by atoms with Crippen molar-refractivity contribution in [1.82, 2.24) is 15.5 Å². The molecule has 18 heavy (non-hydrogen) atoms. The van der Waals surface area contributed by atoms with Gasteiger partial charge >= 0.3 is 6.03 Å². The molecule has 0 aromatic heterocycles. The van der Waals surface area contributed by atoms with Crippen molar-refractivity contribution >= 4 is 11.9 Å². The summed E-state index contributed by atoms with van der Waals surface area (Å²) >= 11 is 0. The maximum Gasteiger partial charge on any atom is 0.321 e. The van der Waals surface area contributed by atoms with Crippen LogP contribution in [0.25, 0.3) is 0 Å². The summed E-state index contributed by atoms with van der Waals surface area (Å²) in [6.07, 6.45) is 3.28. The largest absolute Gasteiger partial charge is 0.335 e. The van der Waals surface area contributed by atoms with Crippen LogP contribution in [-0.4, -0.2) is 42.5 Å². The second-order valence-corrected chi connectivity index (χ2v) is 5.94. The van der Waals surface area contributed by atoms with E-state index in [1.807, 2.05) is 0 Å². The molecular formula is C13H23N3O2. The van der Waals surface area contributed by atoms with Crippen molar-refractivity contribution in [1.29, 1.82) is 0 Å². The lowest BCUT2D eigenvalue weighted by molar-refractivity contribution is -0.121. The third-order valence-corrected chi connectivity index (χ3v) is 3.48. The maximum atomic E-state index is 11.7. The average Bonchev–Trinajstić information content (AvgIpc) is 2.98. The van der Waals surface area contributed by atoms with Crippen LogP contribution in [-0.2, 0) is 4.79 Å². The maximum absolute atomic E-state index is 11.7. The first-order chi connectivity index (χ1) is 8.52. The van der Waals surface area contributed by atoms with E-state index in [1.165, 1.54) is 6.42 Å². The monoisotopic (exact) mass is 253 g/mol. The Hall–Kier alpha value is -1.10. The van der Waals surface area contributed by atoms with Crippen LogP contribution in [0.15, 0.2) is 0 Å². The summed E-state index contributed by atoms with van der Waals surface area (Å²) in [6.45, 7) is 6.64. The number of carbonyl (C=O) groups excluding carboxylic acids is 2. The van der Waals surface area contributed by atoms with E-state index in [9.17, 15) is 9.59 Å². The van der Waals surface area contributed by atoms with Crippen molar-refractivity contribution in [2.24, 2.45) is 11.8 Å². The van der Waals surface area contributed by atoms with Crippen LogP contribution >= 0.6 is 0 Å². The van der Waals surface area contributed by atoms with Crippen molar-refractivity contribution in [3.05, 3.63) is 0 Å². The predicted octanol–water partition coefficient (Wildman–Crippen LogP) is 0.953.